The molecule has 0 aliphatic carbocycles. The normalized spacial score (nSPS) is 11.0. The number of carbonyl (C=O) groups excluding carboxylic acids is 1. The van der Waals surface area contributed by atoms with E-state index in [0.29, 0.717) is 13.1 Å². The predicted molar refractivity (Wildman–Crippen MR) is 76.0 cm³/mol. The molecule has 0 aliphatic heterocycles. The minimum atomic E-state index is -0.254. The van der Waals surface area contributed by atoms with Crippen molar-refractivity contribution in [3.8, 4) is 0 Å². The van der Waals surface area contributed by atoms with Gasteiger partial charge in [-0.1, -0.05) is 45.6 Å². The smallest absolute Gasteiger partial charge is 1.00 e. The van der Waals surface area contributed by atoms with E-state index >= 15 is 0 Å². The number of hydrogen-bond donors (Lipinski definition) is 2. The largest absolute Gasteiger partial charge is 1.00 e. The monoisotopic (exact) mass is 280 g/mol. The number of hydrogen-bond acceptors (Lipinski definition) is 4. The van der Waals surface area contributed by atoms with Crippen molar-refractivity contribution in [2.45, 2.75) is 58.8 Å². The first kappa shape index (κ1) is 21.4. The Morgan fingerprint density at radius 1 is 1.26 bits per heavy atom. The van der Waals surface area contributed by atoms with Gasteiger partial charge in [0.05, 0.1) is 0 Å². The van der Waals surface area contributed by atoms with Crippen LogP contribution in [-0.2, 0) is 9.63 Å². The molecule has 0 bridgehead atoms. The summed E-state index contributed by atoms with van der Waals surface area (Å²) in [7, 11) is 0. The summed E-state index contributed by atoms with van der Waals surface area (Å²) in [5, 5.41) is 0. The predicted octanol–water partition coefficient (Wildman–Crippen LogP) is -0.194. The fraction of sp³-hybridized carbons (Fsp3) is 0.786. The van der Waals surface area contributed by atoms with E-state index < -0.39 is 0 Å². The number of unbranched alkanes of at least 4 members (excludes halogenated alkanes) is 4. The Hall–Kier alpha value is 0.130. The van der Waals surface area contributed by atoms with Crippen molar-refractivity contribution in [1.29, 1.82) is 0 Å². The number of nitrogens with one attached hydrogen (secondary N) is 1. The van der Waals surface area contributed by atoms with Gasteiger partial charge in [-0.2, -0.15) is 5.48 Å². The fourth-order valence-corrected chi connectivity index (χ4v) is 1.57. The Morgan fingerprint density at radius 3 is 2.53 bits per heavy atom. The molecule has 0 atom stereocenters. The zero-order valence-corrected chi connectivity index (χ0v) is 14.8. The van der Waals surface area contributed by atoms with Crippen molar-refractivity contribution < 1.29 is 40.6 Å². The van der Waals surface area contributed by atoms with Gasteiger partial charge >= 0.3 is 35.5 Å². The van der Waals surface area contributed by atoms with Crippen molar-refractivity contribution in [1.82, 2.24) is 5.48 Å². The zero-order valence-electron chi connectivity index (χ0n) is 13.8. The Balaban J connectivity index is -0.00000144. The van der Waals surface area contributed by atoms with Gasteiger partial charge in [-0.3, -0.25) is 0 Å². The number of hydroxylamine groups is 1. The molecule has 5 heteroatoms. The fourth-order valence-electron chi connectivity index (χ4n) is 1.57. The van der Waals surface area contributed by atoms with Gasteiger partial charge in [0, 0.05) is 18.7 Å². The first-order chi connectivity index (χ1) is 8.76. The van der Waals surface area contributed by atoms with Crippen LogP contribution < -0.4 is 40.8 Å². The van der Waals surface area contributed by atoms with Crippen LogP contribution in [-0.4, -0.2) is 19.1 Å². The number of nitrogens with two attached hydrogens (primary N) is 1. The summed E-state index contributed by atoms with van der Waals surface area (Å²) in [6.07, 6.45) is 9.37. The summed E-state index contributed by atoms with van der Waals surface area (Å²) in [6.45, 7) is 5.24. The van der Waals surface area contributed by atoms with Gasteiger partial charge in [0.25, 0.3) is 0 Å². The topological polar surface area (TPSA) is 64.3 Å². The minimum absolute atomic E-state index is 0. The summed E-state index contributed by atoms with van der Waals surface area (Å²) in [5.74, 6) is -0.254. The van der Waals surface area contributed by atoms with Gasteiger partial charge in [0.2, 0.25) is 0 Å². The molecule has 4 nitrogen and oxygen atoms in total. The van der Waals surface area contributed by atoms with Gasteiger partial charge in [-0.05, 0) is 19.3 Å². The van der Waals surface area contributed by atoms with E-state index in [2.05, 4.69) is 19.3 Å². The van der Waals surface area contributed by atoms with Gasteiger partial charge in [-0.25, -0.2) is 4.79 Å². The van der Waals surface area contributed by atoms with Gasteiger partial charge in [-0.15, -0.1) is 0 Å². The van der Waals surface area contributed by atoms with Crippen LogP contribution in [0.5, 0.6) is 0 Å². The molecule has 0 saturated heterocycles. The molecule has 0 aromatic carbocycles. The van der Waals surface area contributed by atoms with E-state index in [1.165, 1.54) is 0 Å². The van der Waals surface area contributed by atoms with Crippen molar-refractivity contribution in [2.24, 2.45) is 5.73 Å². The SMILES string of the molecule is CCCCC=C(CCCCC)C(=O)ONCCN.[H-].[Na+]. The third-order valence-corrected chi connectivity index (χ3v) is 2.67. The van der Waals surface area contributed by atoms with Crippen LogP contribution in [0.3, 0.4) is 0 Å². The molecular formula is C14H29N2NaO2. The van der Waals surface area contributed by atoms with Crippen molar-refractivity contribution in [3.05, 3.63) is 11.6 Å². The molecule has 0 saturated carbocycles. The third-order valence-electron chi connectivity index (χ3n) is 2.67. The summed E-state index contributed by atoms with van der Waals surface area (Å²) in [6, 6.07) is 0. The molecule has 0 aliphatic rings. The summed E-state index contributed by atoms with van der Waals surface area (Å²) in [5.41, 5.74) is 8.69. The molecule has 0 radical (unpaired) electrons. The van der Waals surface area contributed by atoms with E-state index in [1.54, 1.807) is 0 Å². The van der Waals surface area contributed by atoms with E-state index in [1.807, 2.05) is 6.08 Å². The van der Waals surface area contributed by atoms with Gasteiger partial charge in [0.1, 0.15) is 0 Å². The summed E-state index contributed by atoms with van der Waals surface area (Å²) < 4.78 is 0. The molecule has 19 heavy (non-hydrogen) atoms. The molecule has 0 unspecified atom stereocenters. The van der Waals surface area contributed by atoms with E-state index in [-0.39, 0.29) is 37.0 Å². The summed E-state index contributed by atoms with van der Waals surface area (Å²) >= 11 is 0. The van der Waals surface area contributed by atoms with Crippen LogP contribution in [0.4, 0.5) is 0 Å². The van der Waals surface area contributed by atoms with E-state index in [0.717, 1.165) is 50.5 Å². The first-order valence-electron chi connectivity index (χ1n) is 7.09. The van der Waals surface area contributed by atoms with Crippen LogP contribution in [0.1, 0.15) is 60.2 Å². The van der Waals surface area contributed by atoms with Gasteiger partial charge < -0.3 is 12.0 Å². The van der Waals surface area contributed by atoms with E-state index in [9.17, 15) is 4.79 Å². The Morgan fingerprint density at radius 2 is 1.95 bits per heavy atom. The number of carbonyl (C=O) groups is 1. The van der Waals surface area contributed by atoms with Crippen LogP contribution in [0.25, 0.3) is 0 Å². The quantitative estimate of drug-likeness (QED) is 0.238. The van der Waals surface area contributed by atoms with Gasteiger partial charge in [0.15, 0.2) is 0 Å². The second kappa shape index (κ2) is 16.2. The molecule has 0 fully saturated rings. The van der Waals surface area contributed by atoms with Crippen LogP contribution >= 0.6 is 0 Å². The Kier molecular flexibility index (Phi) is 18.3. The molecule has 0 heterocycles. The molecule has 0 aromatic heterocycles. The van der Waals surface area contributed by atoms with E-state index in [4.69, 9.17) is 10.6 Å². The number of allylic oxidation sites excluding steroid dienone is 1. The maximum atomic E-state index is 11.8. The molecule has 0 aromatic rings. The van der Waals surface area contributed by atoms with Crippen molar-refractivity contribution in [3.63, 3.8) is 0 Å². The maximum Gasteiger partial charge on any atom is 1.00 e. The standard InChI is InChI=1S/C14H28N2O2.Na.H/c1-3-5-7-9-13(10-8-6-4-2)14(17)18-16-12-11-15;;/h9,16H,3-8,10-12,15H2,1-2H3;;/q;+1;-1. The minimum Gasteiger partial charge on any atom is -1.00 e. The van der Waals surface area contributed by atoms with Crippen molar-refractivity contribution in [2.75, 3.05) is 13.1 Å². The Labute approximate surface area is 141 Å². The molecule has 108 valence electrons. The molecule has 0 spiro atoms. The molecule has 0 rings (SSSR count). The average molecular weight is 280 g/mol. The second-order valence-corrected chi connectivity index (χ2v) is 4.40. The molecular weight excluding hydrogens is 251 g/mol. The van der Waals surface area contributed by atoms with Crippen LogP contribution in [0, 0.1) is 0 Å². The number of rotatable bonds is 11. The first-order valence-corrected chi connectivity index (χ1v) is 7.09. The molecule has 3 N–H and O–H groups in total. The Bertz CT molecular complexity index is 251. The van der Waals surface area contributed by atoms with Crippen LogP contribution in [0.15, 0.2) is 11.6 Å². The average Bonchev–Trinajstić information content (AvgIpc) is 2.37. The molecule has 0 amide bonds. The third kappa shape index (κ3) is 12.9. The summed E-state index contributed by atoms with van der Waals surface area (Å²) in [4.78, 5) is 16.8. The van der Waals surface area contributed by atoms with Crippen molar-refractivity contribution >= 4 is 5.97 Å². The maximum absolute atomic E-state index is 11.8. The van der Waals surface area contributed by atoms with Crippen LogP contribution in [0.2, 0.25) is 0 Å². The zero-order chi connectivity index (χ0) is 13.6. The second-order valence-electron chi connectivity index (χ2n) is 4.40.